The number of urea groups is 1. The van der Waals surface area contributed by atoms with Gasteiger partial charge in [0.1, 0.15) is 5.82 Å². The van der Waals surface area contributed by atoms with E-state index in [0.717, 1.165) is 24.2 Å². The predicted molar refractivity (Wildman–Crippen MR) is 116 cm³/mol. The fraction of sp³-hybridized carbons (Fsp3) is 0.391. The molecule has 30 heavy (non-hydrogen) atoms. The van der Waals surface area contributed by atoms with E-state index in [1.54, 1.807) is 24.1 Å². The van der Waals surface area contributed by atoms with Gasteiger partial charge in [0.25, 0.3) is 0 Å². The van der Waals surface area contributed by atoms with Crippen LogP contribution >= 0.6 is 0 Å². The van der Waals surface area contributed by atoms with Gasteiger partial charge in [0, 0.05) is 58.4 Å². The zero-order chi connectivity index (χ0) is 21.3. The first-order chi connectivity index (χ1) is 14.5. The maximum Gasteiger partial charge on any atom is 0.317 e. The molecule has 0 aromatic heterocycles. The molecule has 0 unspecified atom stereocenters. The Bertz CT molecular complexity index is 829. The number of anilines is 1. The van der Waals surface area contributed by atoms with Gasteiger partial charge in [-0.15, -0.1) is 0 Å². The first kappa shape index (κ1) is 21.6. The van der Waals surface area contributed by atoms with Crippen molar-refractivity contribution in [2.45, 2.75) is 19.4 Å². The molecule has 2 aromatic rings. The Morgan fingerprint density at radius 2 is 1.73 bits per heavy atom. The maximum absolute atomic E-state index is 13.1. The van der Waals surface area contributed by atoms with Crippen LogP contribution in [-0.4, -0.2) is 61.5 Å². The molecule has 1 aliphatic rings. The van der Waals surface area contributed by atoms with E-state index in [1.807, 2.05) is 35.2 Å². The summed E-state index contributed by atoms with van der Waals surface area (Å²) in [4.78, 5) is 30.4. The van der Waals surface area contributed by atoms with Gasteiger partial charge in [0.15, 0.2) is 0 Å². The zero-order valence-electron chi connectivity index (χ0n) is 17.4. The fourth-order valence-corrected chi connectivity index (χ4v) is 3.58. The second-order valence-corrected chi connectivity index (χ2v) is 7.52. The summed E-state index contributed by atoms with van der Waals surface area (Å²) >= 11 is 0. The highest BCUT2D eigenvalue weighted by Crippen LogP contribution is 2.17. The highest BCUT2D eigenvalue weighted by Gasteiger charge is 2.19. The lowest BCUT2D eigenvalue weighted by Gasteiger charge is -2.24. The monoisotopic (exact) mass is 412 g/mol. The summed E-state index contributed by atoms with van der Waals surface area (Å²) in [5, 5.41) is 2.82. The van der Waals surface area contributed by atoms with Gasteiger partial charge in [-0.3, -0.25) is 4.79 Å². The van der Waals surface area contributed by atoms with E-state index in [1.165, 1.54) is 12.1 Å². The minimum atomic E-state index is -0.248. The molecule has 0 saturated carbocycles. The molecule has 1 saturated heterocycles. The largest absolute Gasteiger partial charge is 0.370 e. The van der Waals surface area contributed by atoms with Crippen molar-refractivity contribution in [1.29, 1.82) is 0 Å². The highest BCUT2D eigenvalue weighted by molar-refractivity contribution is 5.78. The smallest absolute Gasteiger partial charge is 0.317 e. The number of hydrogen-bond donors (Lipinski definition) is 1. The van der Waals surface area contributed by atoms with E-state index in [-0.39, 0.29) is 24.2 Å². The Labute approximate surface area is 177 Å². The van der Waals surface area contributed by atoms with Crippen LogP contribution in [0, 0.1) is 5.82 Å². The molecule has 0 atom stereocenters. The van der Waals surface area contributed by atoms with Gasteiger partial charge >= 0.3 is 6.03 Å². The van der Waals surface area contributed by atoms with Crippen LogP contribution in [0.3, 0.4) is 0 Å². The van der Waals surface area contributed by atoms with E-state index in [4.69, 9.17) is 0 Å². The number of benzene rings is 2. The van der Waals surface area contributed by atoms with Gasteiger partial charge in [-0.2, -0.15) is 0 Å². The number of halogens is 1. The van der Waals surface area contributed by atoms with E-state index in [0.29, 0.717) is 32.7 Å². The quantitative estimate of drug-likeness (QED) is 0.793. The molecule has 0 radical (unpaired) electrons. The number of rotatable bonds is 6. The molecule has 0 aliphatic carbocycles. The number of amides is 3. The summed E-state index contributed by atoms with van der Waals surface area (Å²) in [6.07, 6.45) is 1.14. The summed E-state index contributed by atoms with van der Waals surface area (Å²) in [7, 11) is 1.74. The van der Waals surface area contributed by atoms with Crippen LogP contribution in [0.2, 0.25) is 0 Å². The summed E-state index contributed by atoms with van der Waals surface area (Å²) < 4.78 is 13.1. The first-order valence-electron chi connectivity index (χ1n) is 10.3. The molecule has 0 bridgehead atoms. The van der Waals surface area contributed by atoms with Crippen LogP contribution in [0.15, 0.2) is 54.6 Å². The molecule has 2 aromatic carbocycles. The van der Waals surface area contributed by atoms with Crippen molar-refractivity contribution in [3.63, 3.8) is 0 Å². The maximum atomic E-state index is 13.1. The second-order valence-electron chi connectivity index (χ2n) is 7.52. The Hall–Kier alpha value is -3.09. The van der Waals surface area contributed by atoms with E-state index in [2.05, 4.69) is 10.2 Å². The predicted octanol–water partition coefficient (Wildman–Crippen LogP) is 3.10. The minimum Gasteiger partial charge on any atom is -0.370 e. The molecule has 3 rings (SSSR count). The van der Waals surface area contributed by atoms with E-state index >= 15 is 0 Å². The Kier molecular flexibility index (Phi) is 7.65. The molecule has 1 N–H and O–H groups in total. The number of carbonyl (C=O) groups is 2. The summed E-state index contributed by atoms with van der Waals surface area (Å²) in [5.41, 5.74) is 2.03. The lowest BCUT2D eigenvalue weighted by Crippen LogP contribution is -2.40. The van der Waals surface area contributed by atoms with Crippen LogP contribution < -0.4 is 10.2 Å². The SMILES string of the molecule is CN(Cc1ccccc1)C(=O)NCCC(=O)N1CCCN(c2ccc(F)cc2)CC1. The van der Waals surface area contributed by atoms with Crippen molar-refractivity contribution in [3.8, 4) is 0 Å². The van der Waals surface area contributed by atoms with E-state index in [9.17, 15) is 14.0 Å². The van der Waals surface area contributed by atoms with Gasteiger partial charge in [0.05, 0.1) is 0 Å². The van der Waals surface area contributed by atoms with Gasteiger partial charge in [0.2, 0.25) is 5.91 Å². The average Bonchev–Trinajstić information content (AvgIpc) is 3.01. The van der Waals surface area contributed by atoms with Crippen molar-refractivity contribution < 1.29 is 14.0 Å². The number of carbonyl (C=O) groups excluding carboxylic acids is 2. The molecular weight excluding hydrogens is 383 g/mol. The molecule has 1 aliphatic heterocycles. The first-order valence-corrected chi connectivity index (χ1v) is 10.3. The summed E-state index contributed by atoms with van der Waals surface area (Å²) in [6.45, 7) is 3.69. The lowest BCUT2D eigenvalue weighted by atomic mass is 10.2. The third-order valence-electron chi connectivity index (χ3n) is 5.26. The number of nitrogens with zero attached hydrogens (tertiary/aromatic N) is 3. The second kappa shape index (κ2) is 10.6. The Morgan fingerprint density at radius 3 is 2.47 bits per heavy atom. The lowest BCUT2D eigenvalue weighted by molar-refractivity contribution is -0.130. The van der Waals surface area contributed by atoms with Crippen molar-refractivity contribution in [1.82, 2.24) is 15.1 Å². The Balaban J connectivity index is 1.40. The van der Waals surface area contributed by atoms with Crippen LogP contribution in [0.5, 0.6) is 0 Å². The molecule has 3 amide bonds. The van der Waals surface area contributed by atoms with Crippen molar-refractivity contribution in [3.05, 3.63) is 66.0 Å². The topological polar surface area (TPSA) is 55.9 Å². The summed E-state index contributed by atoms with van der Waals surface area (Å²) in [6, 6.07) is 16.0. The van der Waals surface area contributed by atoms with Crippen LogP contribution in [0.25, 0.3) is 0 Å². The van der Waals surface area contributed by atoms with Crippen LogP contribution in [-0.2, 0) is 11.3 Å². The molecule has 0 spiro atoms. The highest BCUT2D eigenvalue weighted by atomic mass is 19.1. The standard InChI is InChI=1S/C23H29FN4O2/c1-26(18-19-6-3-2-4-7-19)23(30)25-13-12-22(29)28-15-5-14-27(16-17-28)21-10-8-20(24)9-11-21/h2-4,6-11H,5,12-18H2,1H3,(H,25,30). The average molecular weight is 413 g/mol. The fourth-order valence-electron chi connectivity index (χ4n) is 3.58. The summed E-state index contributed by atoms with van der Waals surface area (Å²) in [5.74, 6) is -0.205. The van der Waals surface area contributed by atoms with Crippen molar-refractivity contribution in [2.75, 3.05) is 44.7 Å². The van der Waals surface area contributed by atoms with Gasteiger partial charge in [-0.25, -0.2) is 9.18 Å². The normalized spacial score (nSPS) is 14.2. The molecule has 1 heterocycles. The molecule has 1 fully saturated rings. The van der Waals surface area contributed by atoms with Crippen LogP contribution in [0.1, 0.15) is 18.4 Å². The number of nitrogens with one attached hydrogen (secondary N) is 1. The molecule has 7 heteroatoms. The van der Waals surface area contributed by atoms with Crippen molar-refractivity contribution >= 4 is 17.6 Å². The van der Waals surface area contributed by atoms with E-state index < -0.39 is 0 Å². The molecular formula is C23H29FN4O2. The minimum absolute atomic E-state index is 0.0435. The number of hydrogen-bond acceptors (Lipinski definition) is 3. The van der Waals surface area contributed by atoms with Gasteiger partial charge in [-0.05, 0) is 36.2 Å². The zero-order valence-corrected chi connectivity index (χ0v) is 17.4. The van der Waals surface area contributed by atoms with Gasteiger partial charge < -0.3 is 20.0 Å². The van der Waals surface area contributed by atoms with Crippen LogP contribution in [0.4, 0.5) is 14.9 Å². The van der Waals surface area contributed by atoms with Gasteiger partial charge in [-0.1, -0.05) is 30.3 Å². The molecule has 160 valence electrons. The molecule has 6 nitrogen and oxygen atoms in total. The third kappa shape index (κ3) is 6.20. The third-order valence-corrected chi connectivity index (χ3v) is 5.26. The Morgan fingerprint density at radius 1 is 1.00 bits per heavy atom. The van der Waals surface area contributed by atoms with Crippen molar-refractivity contribution in [2.24, 2.45) is 0 Å².